The molecule has 0 atom stereocenters. The summed E-state index contributed by atoms with van der Waals surface area (Å²) in [4.78, 5) is 0. The summed E-state index contributed by atoms with van der Waals surface area (Å²) in [6, 6.07) is 1.81. The molecule has 0 aliphatic heterocycles. The topological polar surface area (TPSA) is 95.7 Å². The van der Waals surface area contributed by atoms with Gasteiger partial charge in [-0.3, -0.25) is 0 Å². The first-order chi connectivity index (χ1) is 6.25. The van der Waals surface area contributed by atoms with E-state index < -0.39 is 0 Å². The minimum atomic E-state index is 0.258. The van der Waals surface area contributed by atoms with Crippen molar-refractivity contribution in [1.29, 1.82) is 0 Å². The van der Waals surface area contributed by atoms with Crippen molar-refractivity contribution in [3.63, 3.8) is 0 Å². The van der Waals surface area contributed by atoms with Gasteiger partial charge < -0.3 is 10.3 Å². The molecule has 0 spiro atoms. The second-order valence-electron chi connectivity index (χ2n) is 2.63. The molecule has 0 aliphatic carbocycles. The summed E-state index contributed by atoms with van der Waals surface area (Å²) in [7, 11) is 0. The standard InChI is InChI=1S/C6H8N6O/c1-4-2-5(13-9-4)3-12-6(7)8-10-11-12/h2H,3H2,1H3,(H2,7,8,11). The number of nitrogens with two attached hydrogens (primary N) is 1. The minimum Gasteiger partial charge on any atom is -0.367 e. The van der Waals surface area contributed by atoms with Crippen LogP contribution in [0.2, 0.25) is 0 Å². The molecule has 0 fully saturated rings. The Kier molecular flexibility index (Phi) is 1.69. The third kappa shape index (κ3) is 1.48. The van der Waals surface area contributed by atoms with Gasteiger partial charge in [0.15, 0.2) is 5.76 Å². The van der Waals surface area contributed by atoms with Gasteiger partial charge in [-0.15, -0.1) is 0 Å². The first kappa shape index (κ1) is 7.71. The number of rotatable bonds is 2. The van der Waals surface area contributed by atoms with Crippen LogP contribution >= 0.6 is 0 Å². The zero-order valence-corrected chi connectivity index (χ0v) is 7.01. The predicted molar refractivity (Wildman–Crippen MR) is 42.6 cm³/mol. The fraction of sp³-hybridized carbons (Fsp3) is 0.333. The van der Waals surface area contributed by atoms with Crippen LogP contribution in [0.25, 0.3) is 0 Å². The molecule has 0 saturated carbocycles. The Bertz CT molecular complexity index is 405. The largest absolute Gasteiger partial charge is 0.367 e. The van der Waals surface area contributed by atoms with Gasteiger partial charge in [0.2, 0.25) is 5.95 Å². The summed E-state index contributed by atoms with van der Waals surface area (Å²) >= 11 is 0. The summed E-state index contributed by atoms with van der Waals surface area (Å²) in [5, 5.41) is 14.3. The molecule has 2 N–H and O–H groups in total. The van der Waals surface area contributed by atoms with Gasteiger partial charge in [0.1, 0.15) is 6.54 Å². The molecule has 0 aromatic carbocycles. The van der Waals surface area contributed by atoms with Gasteiger partial charge in [0.25, 0.3) is 0 Å². The van der Waals surface area contributed by atoms with Gasteiger partial charge >= 0.3 is 0 Å². The molecule has 0 saturated heterocycles. The van der Waals surface area contributed by atoms with Crippen LogP contribution in [0.5, 0.6) is 0 Å². The maximum atomic E-state index is 5.46. The lowest BCUT2D eigenvalue weighted by Gasteiger charge is -1.94. The van der Waals surface area contributed by atoms with E-state index in [0.717, 1.165) is 5.69 Å². The number of hydrogen-bond acceptors (Lipinski definition) is 6. The van der Waals surface area contributed by atoms with Crippen LogP contribution in [0.3, 0.4) is 0 Å². The van der Waals surface area contributed by atoms with Crippen LogP contribution in [-0.2, 0) is 6.54 Å². The average Bonchev–Trinajstić information content (AvgIpc) is 2.64. The molecule has 0 amide bonds. The second kappa shape index (κ2) is 2.85. The molecule has 0 aliphatic rings. The third-order valence-corrected chi connectivity index (χ3v) is 1.54. The minimum absolute atomic E-state index is 0.258. The van der Waals surface area contributed by atoms with E-state index in [1.165, 1.54) is 4.68 Å². The lowest BCUT2D eigenvalue weighted by Crippen LogP contribution is -2.05. The van der Waals surface area contributed by atoms with E-state index in [4.69, 9.17) is 10.3 Å². The molecule has 7 nitrogen and oxygen atoms in total. The van der Waals surface area contributed by atoms with E-state index in [9.17, 15) is 0 Å². The van der Waals surface area contributed by atoms with Gasteiger partial charge in [-0.1, -0.05) is 10.3 Å². The highest BCUT2D eigenvalue weighted by Gasteiger charge is 2.05. The van der Waals surface area contributed by atoms with Crippen LogP contribution in [-0.4, -0.2) is 25.4 Å². The number of hydrogen-bond donors (Lipinski definition) is 1. The van der Waals surface area contributed by atoms with Crippen molar-refractivity contribution in [3.05, 3.63) is 17.5 Å². The van der Waals surface area contributed by atoms with Crippen molar-refractivity contribution in [2.45, 2.75) is 13.5 Å². The maximum absolute atomic E-state index is 5.46. The van der Waals surface area contributed by atoms with Crippen LogP contribution in [0.15, 0.2) is 10.6 Å². The first-order valence-corrected chi connectivity index (χ1v) is 3.69. The van der Waals surface area contributed by atoms with Crippen molar-refractivity contribution >= 4 is 5.95 Å². The summed E-state index contributed by atoms with van der Waals surface area (Å²) in [5.74, 6) is 0.936. The van der Waals surface area contributed by atoms with Crippen LogP contribution in [0, 0.1) is 6.92 Å². The highest BCUT2D eigenvalue weighted by Crippen LogP contribution is 2.05. The van der Waals surface area contributed by atoms with E-state index in [1.54, 1.807) is 6.07 Å². The fourth-order valence-electron chi connectivity index (χ4n) is 0.963. The molecule has 2 aromatic rings. The van der Waals surface area contributed by atoms with Crippen LogP contribution < -0.4 is 5.73 Å². The molecule has 68 valence electrons. The van der Waals surface area contributed by atoms with E-state index in [2.05, 4.69) is 20.7 Å². The number of aromatic nitrogens is 5. The molecule has 2 aromatic heterocycles. The van der Waals surface area contributed by atoms with Gasteiger partial charge in [0.05, 0.1) is 5.69 Å². The van der Waals surface area contributed by atoms with Crippen molar-refractivity contribution in [1.82, 2.24) is 25.4 Å². The quantitative estimate of drug-likeness (QED) is 0.675. The normalized spacial score (nSPS) is 10.5. The molecule has 2 heterocycles. The number of nitrogens with zero attached hydrogens (tertiary/aromatic N) is 5. The first-order valence-electron chi connectivity index (χ1n) is 3.69. The molecule has 13 heavy (non-hydrogen) atoms. The predicted octanol–water partition coefficient (Wildman–Crippen LogP) is -0.400. The summed E-state index contributed by atoms with van der Waals surface area (Å²) < 4.78 is 6.40. The Morgan fingerprint density at radius 3 is 3.00 bits per heavy atom. The van der Waals surface area contributed by atoms with Gasteiger partial charge in [-0.2, -0.15) is 0 Å². The molecular weight excluding hydrogens is 172 g/mol. The highest BCUT2D eigenvalue weighted by molar-refractivity contribution is 5.13. The van der Waals surface area contributed by atoms with Crippen molar-refractivity contribution in [3.8, 4) is 0 Å². The van der Waals surface area contributed by atoms with E-state index in [1.807, 2.05) is 6.92 Å². The van der Waals surface area contributed by atoms with Crippen molar-refractivity contribution < 1.29 is 4.52 Å². The number of tetrazole rings is 1. The molecule has 0 unspecified atom stereocenters. The average molecular weight is 180 g/mol. The summed E-state index contributed by atoms with van der Waals surface area (Å²) in [6.45, 7) is 2.25. The van der Waals surface area contributed by atoms with E-state index in [0.29, 0.717) is 12.3 Å². The lowest BCUT2D eigenvalue weighted by atomic mass is 10.4. The SMILES string of the molecule is Cc1cc(Cn2nnnc2N)on1. The molecule has 7 heteroatoms. The third-order valence-electron chi connectivity index (χ3n) is 1.54. The van der Waals surface area contributed by atoms with Crippen molar-refractivity contribution in [2.75, 3.05) is 5.73 Å². The molecule has 0 bridgehead atoms. The Hall–Kier alpha value is -1.92. The Balaban J connectivity index is 2.19. The Morgan fingerprint density at radius 1 is 1.62 bits per heavy atom. The van der Waals surface area contributed by atoms with Crippen LogP contribution in [0.1, 0.15) is 11.5 Å². The van der Waals surface area contributed by atoms with E-state index in [-0.39, 0.29) is 5.95 Å². The monoisotopic (exact) mass is 180 g/mol. The molecule has 0 radical (unpaired) electrons. The summed E-state index contributed by atoms with van der Waals surface area (Å²) in [6.07, 6.45) is 0. The van der Waals surface area contributed by atoms with Gasteiger partial charge in [-0.05, 0) is 17.4 Å². The second-order valence-corrected chi connectivity index (χ2v) is 2.63. The number of nitrogen functional groups attached to an aromatic ring is 1. The van der Waals surface area contributed by atoms with Crippen LogP contribution in [0.4, 0.5) is 5.95 Å². The lowest BCUT2D eigenvalue weighted by molar-refractivity contribution is 0.367. The Labute approximate surface area is 73.5 Å². The van der Waals surface area contributed by atoms with Crippen molar-refractivity contribution in [2.24, 2.45) is 0 Å². The fourth-order valence-corrected chi connectivity index (χ4v) is 0.963. The zero-order valence-electron chi connectivity index (χ0n) is 7.01. The summed E-state index contributed by atoms with van der Waals surface area (Å²) in [5.41, 5.74) is 6.28. The molecular formula is C6H8N6O. The van der Waals surface area contributed by atoms with Gasteiger partial charge in [-0.25, -0.2) is 4.68 Å². The number of anilines is 1. The zero-order chi connectivity index (χ0) is 9.26. The number of aryl methyl sites for hydroxylation is 1. The van der Waals surface area contributed by atoms with Gasteiger partial charge in [0, 0.05) is 6.07 Å². The maximum Gasteiger partial charge on any atom is 0.240 e. The highest BCUT2D eigenvalue weighted by atomic mass is 16.5. The smallest absolute Gasteiger partial charge is 0.240 e. The Morgan fingerprint density at radius 2 is 2.46 bits per heavy atom. The molecule has 2 rings (SSSR count). The van der Waals surface area contributed by atoms with E-state index >= 15 is 0 Å².